The maximum absolute atomic E-state index is 12.9. The minimum Gasteiger partial charge on any atom is -0.383 e. The van der Waals surface area contributed by atoms with Crippen LogP contribution in [0.1, 0.15) is 6.42 Å². The standard InChI is InChI=1S/C11H17FN4O2.ClH/c1-18-3-2-16-7-9(6-14-16)15-11(17)10-4-8(12)5-13-10;/h6-8,10,13H,2-5H2,1H3,(H,15,17);1H/t8-,10+;/m0./s1. The van der Waals surface area contributed by atoms with E-state index >= 15 is 0 Å². The summed E-state index contributed by atoms with van der Waals surface area (Å²) in [5, 5.41) is 9.62. The summed E-state index contributed by atoms with van der Waals surface area (Å²) >= 11 is 0. The Kier molecular flexibility index (Phi) is 6.20. The van der Waals surface area contributed by atoms with Crippen LogP contribution >= 0.6 is 12.4 Å². The molecule has 0 aliphatic carbocycles. The molecular weight excluding hydrogens is 275 g/mol. The first-order chi connectivity index (χ1) is 8.69. The summed E-state index contributed by atoms with van der Waals surface area (Å²) in [6, 6.07) is -0.456. The van der Waals surface area contributed by atoms with Crippen molar-refractivity contribution in [3.8, 4) is 0 Å². The van der Waals surface area contributed by atoms with Crippen molar-refractivity contribution in [2.24, 2.45) is 0 Å². The molecule has 0 bridgehead atoms. The number of nitrogens with zero attached hydrogens (tertiary/aromatic N) is 2. The van der Waals surface area contributed by atoms with E-state index in [0.717, 1.165) is 0 Å². The number of carbonyl (C=O) groups excluding carboxylic acids is 1. The van der Waals surface area contributed by atoms with Crippen molar-refractivity contribution >= 4 is 24.0 Å². The number of aromatic nitrogens is 2. The molecule has 8 heteroatoms. The van der Waals surface area contributed by atoms with Gasteiger partial charge in [0.25, 0.3) is 0 Å². The highest BCUT2D eigenvalue weighted by Crippen LogP contribution is 2.12. The lowest BCUT2D eigenvalue weighted by molar-refractivity contribution is -0.117. The Balaban J connectivity index is 0.00000180. The lowest BCUT2D eigenvalue weighted by Gasteiger charge is -2.08. The van der Waals surface area contributed by atoms with Gasteiger partial charge < -0.3 is 15.4 Å². The normalized spacial score (nSPS) is 22.0. The fourth-order valence-electron chi connectivity index (χ4n) is 1.86. The number of rotatable bonds is 5. The minimum absolute atomic E-state index is 0. The molecule has 1 aliphatic heterocycles. The predicted octanol–water partition coefficient (Wildman–Crippen LogP) is 0.590. The highest BCUT2D eigenvalue weighted by molar-refractivity contribution is 5.94. The molecule has 2 atom stereocenters. The van der Waals surface area contributed by atoms with Gasteiger partial charge in [-0.25, -0.2) is 4.39 Å². The molecule has 19 heavy (non-hydrogen) atoms. The second-order valence-electron chi connectivity index (χ2n) is 4.27. The Bertz CT molecular complexity index is 415. The summed E-state index contributed by atoms with van der Waals surface area (Å²) in [5.41, 5.74) is 0.611. The first kappa shape index (κ1) is 15.9. The Labute approximate surface area is 117 Å². The summed E-state index contributed by atoms with van der Waals surface area (Å²) in [7, 11) is 1.62. The van der Waals surface area contributed by atoms with Crippen molar-refractivity contribution in [2.75, 3.05) is 25.6 Å². The van der Waals surface area contributed by atoms with Crippen molar-refractivity contribution in [1.82, 2.24) is 15.1 Å². The number of hydrogen-bond acceptors (Lipinski definition) is 4. The first-order valence-corrected chi connectivity index (χ1v) is 5.88. The lowest BCUT2D eigenvalue weighted by Crippen LogP contribution is -2.35. The van der Waals surface area contributed by atoms with Crippen LogP contribution in [0.4, 0.5) is 10.1 Å². The minimum atomic E-state index is -0.940. The fourth-order valence-corrected chi connectivity index (χ4v) is 1.86. The molecule has 2 heterocycles. The molecule has 0 spiro atoms. The van der Waals surface area contributed by atoms with E-state index in [0.29, 0.717) is 18.8 Å². The molecule has 1 aromatic heterocycles. The van der Waals surface area contributed by atoms with Crippen molar-refractivity contribution in [3.05, 3.63) is 12.4 Å². The van der Waals surface area contributed by atoms with Gasteiger partial charge in [0, 0.05) is 26.3 Å². The third kappa shape index (κ3) is 4.45. The number of alkyl halides is 1. The number of ether oxygens (including phenoxy) is 1. The van der Waals surface area contributed by atoms with E-state index in [1.54, 1.807) is 24.2 Å². The second-order valence-corrected chi connectivity index (χ2v) is 4.27. The Morgan fingerprint density at radius 1 is 1.74 bits per heavy atom. The number of nitrogens with one attached hydrogen (secondary N) is 2. The van der Waals surface area contributed by atoms with E-state index in [1.807, 2.05) is 0 Å². The fraction of sp³-hybridized carbons (Fsp3) is 0.636. The van der Waals surface area contributed by atoms with Crippen LogP contribution in [-0.4, -0.2) is 48.2 Å². The van der Waals surface area contributed by atoms with E-state index in [4.69, 9.17) is 4.74 Å². The Morgan fingerprint density at radius 2 is 2.53 bits per heavy atom. The van der Waals surface area contributed by atoms with Gasteiger partial charge in [0.1, 0.15) is 6.17 Å². The molecular formula is C11H18ClFN4O2. The van der Waals surface area contributed by atoms with Crippen molar-refractivity contribution in [3.63, 3.8) is 0 Å². The summed E-state index contributed by atoms with van der Waals surface area (Å²) in [6.45, 7) is 1.43. The zero-order chi connectivity index (χ0) is 13.0. The predicted molar refractivity (Wildman–Crippen MR) is 71.3 cm³/mol. The largest absolute Gasteiger partial charge is 0.383 e. The van der Waals surface area contributed by atoms with Gasteiger partial charge in [0.05, 0.1) is 31.1 Å². The van der Waals surface area contributed by atoms with Gasteiger partial charge in [-0.3, -0.25) is 9.48 Å². The molecule has 2 N–H and O–H groups in total. The van der Waals surface area contributed by atoms with Crippen LogP contribution in [0.2, 0.25) is 0 Å². The lowest BCUT2D eigenvalue weighted by atomic mass is 10.2. The third-order valence-electron chi connectivity index (χ3n) is 2.82. The number of anilines is 1. The number of halogens is 2. The molecule has 108 valence electrons. The van der Waals surface area contributed by atoms with Gasteiger partial charge >= 0.3 is 0 Å². The van der Waals surface area contributed by atoms with Gasteiger partial charge in [0.2, 0.25) is 5.91 Å². The first-order valence-electron chi connectivity index (χ1n) is 5.88. The van der Waals surface area contributed by atoms with Crippen molar-refractivity contribution in [2.45, 2.75) is 25.2 Å². The van der Waals surface area contributed by atoms with Gasteiger partial charge in [0.15, 0.2) is 0 Å². The molecule has 0 saturated carbocycles. The summed E-state index contributed by atoms with van der Waals surface area (Å²) in [6.07, 6.45) is 2.57. The average molecular weight is 293 g/mol. The molecule has 1 aliphatic rings. The third-order valence-corrected chi connectivity index (χ3v) is 2.82. The SMILES string of the molecule is COCCn1cc(NC(=O)[C@H]2C[C@H](F)CN2)cn1.Cl. The monoisotopic (exact) mass is 292 g/mol. The van der Waals surface area contributed by atoms with Crippen LogP contribution in [0.15, 0.2) is 12.4 Å². The molecule has 1 aromatic rings. The molecule has 1 amide bonds. The van der Waals surface area contributed by atoms with Gasteiger partial charge in [-0.15, -0.1) is 12.4 Å². The zero-order valence-electron chi connectivity index (χ0n) is 10.6. The molecule has 2 rings (SSSR count). The summed E-state index contributed by atoms with van der Waals surface area (Å²) < 4.78 is 19.6. The van der Waals surface area contributed by atoms with Crippen molar-refractivity contribution < 1.29 is 13.9 Å². The highest BCUT2D eigenvalue weighted by Gasteiger charge is 2.29. The van der Waals surface area contributed by atoms with Gasteiger partial charge in [-0.1, -0.05) is 0 Å². The van der Waals surface area contributed by atoms with Crippen LogP contribution in [-0.2, 0) is 16.1 Å². The Morgan fingerprint density at radius 3 is 3.16 bits per heavy atom. The number of amides is 1. The van der Waals surface area contributed by atoms with Gasteiger partial charge in [-0.05, 0) is 0 Å². The summed E-state index contributed by atoms with van der Waals surface area (Å²) in [4.78, 5) is 11.8. The average Bonchev–Trinajstić information content (AvgIpc) is 2.96. The van der Waals surface area contributed by atoms with Crippen LogP contribution in [0.25, 0.3) is 0 Å². The number of carbonyl (C=O) groups is 1. The molecule has 1 fully saturated rings. The second kappa shape index (κ2) is 7.42. The smallest absolute Gasteiger partial charge is 0.241 e. The topological polar surface area (TPSA) is 68.2 Å². The van der Waals surface area contributed by atoms with E-state index in [2.05, 4.69) is 15.7 Å². The van der Waals surface area contributed by atoms with E-state index in [1.165, 1.54) is 0 Å². The molecule has 0 aromatic carbocycles. The Hall–Kier alpha value is -1.18. The maximum atomic E-state index is 12.9. The van der Waals surface area contributed by atoms with Gasteiger partial charge in [-0.2, -0.15) is 5.10 Å². The van der Waals surface area contributed by atoms with Crippen LogP contribution in [0.3, 0.4) is 0 Å². The van der Waals surface area contributed by atoms with E-state index < -0.39 is 12.2 Å². The molecule has 0 radical (unpaired) electrons. The quantitative estimate of drug-likeness (QED) is 0.833. The van der Waals surface area contributed by atoms with Crippen LogP contribution in [0.5, 0.6) is 0 Å². The number of methoxy groups -OCH3 is 1. The number of hydrogen-bond donors (Lipinski definition) is 2. The van der Waals surface area contributed by atoms with E-state index in [9.17, 15) is 9.18 Å². The van der Waals surface area contributed by atoms with Crippen molar-refractivity contribution in [1.29, 1.82) is 0 Å². The maximum Gasteiger partial charge on any atom is 0.241 e. The summed E-state index contributed by atoms with van der Waals surface area (Å²) in [5.74, 6) is -0.221. The highest BCUT2D eigenvalue weighted by atomic mass is 35.5. The van der Waals surface area contributed by atoms with E-state index in [-0.39, 0.29) is 31.3 Å². The zero-order valence-corrected chi connectivity index (χ0v) is 11.5. The molecule has 1 saturated heterocycles. The van der Waals surface area contributed by atoms with Crippen LogP contribution in [0, 0.1) is 0 Å². The van der Waals surface area contributed by atoms with Crippen LogP contribution < -0.4 is 10.6 Å². The molecule has 6 nitrogen and oxygen atoms in total. The molecule has 0 unspecified atom stereocenters.